The standard InChI is InChI=1S/C11H10FIN2O3S/c12-7-1-2-11(10(13)3-7)15-19(17,18)9-4-8(6-16)14-5-9/h1-5,14-16H,6H2. The zero-order valence-corrected chi connectivity index (χ0v) is 12.5. The van der Waals surface area contributed by atoms with E-state index in [9.17, 15) is 12.8 Å². The largest absolute Gasteiger partial charge is 0.390 e. The van der Waals surface area contributed by atoms with Gasteiger partial charge in [-0.15, -0.1) is 0 Å². The summed E-state index contributed by atoms with van der Waals surface area (Å²) in [5.41, 5.74) is 0.697. The lowest BCUT2D eigenvalue weighted by Gasteiger charge is -2.08. The molecule has 5 nitrogen and oxygen atoms in total. The minimum atomic E-state index is -3.76. The van der Waals surface area contributed by atoms with E-state index in [1.165, 1.54) is 30.5 Å². The third-order valence-corrected chi connectivity index (χ3v) is 4.61. The fourth-order valence-corrected chi connectivity index (χ4v) is 3.33. The molecule has 0 aliphatic heterocycles. The molecule has 0 unspecified atom stereocenters. The second kappa shape index (κ2) is 5.47. The monoisotopic (exact) mass is 396 g/mol. The number of aliphatic hydroxyl groups excluding tert-OH is 1. The summed E-state index contributed by atoms with van der Waals surface area (Å²) in [6.45, 7) is -0.274. The van der Waals surface area contributed by atoms with E-state index in [1.54, 1.807) is 0 Å². The minimum absolute atomic E-state index is 0.0108. The van der Waals surface area contributed by atoms with Crippen molar-refractivity contribution in [2.24, 2.45) is 0 Å². The summed E-state index contributed by atoms with van der Waals surface area (Å²) in [5, 5.41) is 8.89. The van der Waals surface area contributed by atoms with E-state index in [0.29, 0.717) is 15.0 Å². The van der Waals surface area contributed by atoms with Gasteiger partial charge in [0.05, 0.1) is 12.3 Å². The highest BCUT2D eigenvalue weighted by atomic mass is 127. The maximum Gasteiger partial charge on any atom is 0.263 e. The number of benzene rings is 1. The Labute approximate surface area is 123 Å². The van der Waals surface area contributed by atoms with Crippen LogP contribution in [0.4, 0.5) is 10.1 Å². The molecule has 0 fully saturated rings. The van der Waals surface area contributed by atoms with E-state index in [1.807, 2.05) is 22.6 Å². The molecule has 0 amide bonds. The number of hydrogen-bond donors (Lipinski definition) is 3. The van der Waals surface area contributed by atoms with E-state index in [-0.39, 0.29) is 11.5 Å². The van der Waals surface area contributed by atoms with Crippen molar-refractivity contribution in [3.8, 4) is 0 Å². The number of sulfonamides is 1. The van der Waals surface area contributed by atoms with E-state index in [4.69, 9.17) is 5.11 Å². The van der Waals surface area contributed by atoms with Gasteiger partial charge in [-0.1, -0.05) is 0 Å². The Morgan fingerprint density at radius 3 is 2.68 bits per heavy atom. The lowest BCUT2D eigenvalue weighted by atomic mass is 10.3. The maximum absolute atomic E-state index is 12.9. The van der Waals surface area contributed by atoms with Crippen molar-refractivity contribution < 1.29 is 17.9 Å². The molecule has 0 aliphatic carbocycles. The third-order valence-electron chi connectivity index (χ3n) is 2.37. The molecule has 1 aromatic carbocycles. The third kappa shape index (κ3) is 3.25. The summed E-state index contributed by atoms with van der Waals surface area (Å²) in [4.78, 5) is 2.65. The van der Waals surface area contributed by atoms with E-state index < -0.39 is 15.8 Å². The van der Waals surface area contributed by atoms with Crippen LogP contribution in [0.3, 0.4) is 0 Å². The summed E-state index contributed by atoms with van der Waals surface area (Å²) in [6, 6.07) is 5.10. The van der Waals surface area contributed by atoms with Crippen molar-refractivity contribution in [3.63, 3.8) is 0 Å². The summed E-state index contributed by atoms with van der Waals surface area (Å²) in [5.74, 6) is -0.434. The Bertz CT molecular complexity index is 700. The number of aromatic nitrogens is 1. The quantitative estimate of drug-likeness (QED) is 0.692. The van der Waals surface area contributed by atoms with Gasteiger partial charge in [0.2, 0.25) is 0 Å². The van der Waals surface area contributed by atoms with Gasteiger partial charge in [0.15, 0.2) is 0 Å². The molecular formula is C11H10FIN2O3S. The molecule has 102 valence electrons. The molecule has 3 N–H and O–H groups in total. The van der Waals surface area contributed by atoms with Gasteiger partial charge in [-0.25, -0.2) is 12.8 Å². The number of H-pyrrole nitrogens is 1. The molecule has 0 aliphatic rings. The molecule has 1 heterocycles. The van der Waals surface area contributed by atoms with E-state index in [2.05, 4.69) is 9.71 Å². The number of aromatic amines is 1. The van der Waals surface area contributed by atoms with Crippen molar-refractivity contribution in [3.05, 3.63) is 45.5 Å². The Morgan fingerprint density at radius 1 is 1.37 bits per heavy atom. The van der Waals surface area contributed by atoms with Crippen molar-refractivity contribution in [2.45, 2.75) is 11.5 Å². The van der Waals surface area contributed by atoms with Gasteiger partial charge >= 0.3 is 0 Å². The first-order valence-electron chi connectivity index (χ1n) is 5.18. The van der Waals surface area contributed by atoms with Crippen molar-refractivity contribution in [1.29, 1.82) is 0 Å². The molecule has 0 bridgehead atoms. The van der Waals surface area contributed by atoms with Crippen LogP contribution < -0.4 is 4.72 Å². The lowest BCUT2D eigenvalue weighted by Crippen LogP contribution is -2.13. The Kier molecular flexibility index (Phi) is 4.11. The fourth-order valence-electron chi connectivity index (χ4n) is 1.44. The highest BCUT2D eigenvalue weighted by Crippen LogP contribution is 2.22. The predicted molar refractivity (Wildman–Crippen MR) is 76.6 cm³/mol. The van der Waals surface area contributed by atoms with Crippen LogP contribution in [0.25, 0.3) is 0 Å². The van der Waals surface area contributed by atoms with Crippen molar-refractivity contribution in [1.82, 2.24) is 4.98 Å². The second-order valence-electron chi connectivity index (χ2n) is 3.75. The topological polar surface area (TPSA) is 82.2 Å². The van der Waals surface area contributed by atoms with Crippen LogP contribution in [0.5, 0.6) is 0 Å². The van der Waals surface area contributed by atoms with Crippen LogP contribution in [0.15, 0.2) is 35.4 Å². The van der Waals surface area contributed by atoms with E-state index in [0.717, 1.165) is 0 Å². The molecule has 0 saturated carbocycles. The molecule has 2 rings (SSSR count). The lowest BCUT2D eigenvalue weighted by molar-refractivity contribution is 0.277. The molecule has 0 atom stereocenters. The number of halogens is 2. The van der Waals surface area contributed by atoms with Crippen LogP contribution in [0, 0.1) is 9.39 Å². The Balaban J connectivity index is 2.30. The second-order valence-corrected chi connectivity index (χ2v) is 6.59. The average Bonchev–Trinajstić information content (AvgIpc) is 2.82. The molecule has 0 radical (unpaired) electrons. The SMILES string of the molecule is O=S(=O)(Nc1ccc(F)cc1I)c1c[nH]c(CO)c1. The smallest absolute Gasteiger partial charge is 0.263 e. The van der Waals surface area contributed by atoms with Crippen molar-refractivity contribution >= 4 is 38.3 Å². The summed E-state index contributed by atoms with van der Waals surface area (Å²) < 4.78 is 39.9. The molecule has 0 spiro atoms. The van der Waals surface area contributed by atoms with Gasteiger partial charge in [-0.05, 0) is 46.9 Å². The van der Waals surface area contributed by atoms with Gasteiger partial charge in [0.1, 0.15) is 10.7 Å². The number of rotatable bonds is 4. The number of hydrogen-bond acceptors (Lipinski definition) is 3. The Hall–Kier alpha value is -1.13. The zero-order valence-electron chi connectivity index (χ0n) is 9.52. The maximum atomic E-state index is 12.9. The van der Waals surface area contributed by atoms with Gasteiger partial charge in [0.25, 0.3) is 10.0 Å². The number of anilines is 1. The van der Waals surface area contributed by atoms with Crippen LogP contribution in [0.1, 0.15) is 5.69 Å². The summed E-state index contributed by atoms with van der Waals surface area (Å²) >= 11 is 1.84. The molecule has 0 saturated heterocycles. The Morgan fingerprint density at radius 2 is 2.11 bits per heavy atom. The van der Waals surface area contributed by atoms with Gasteiger partial charge in [0, 0.05) is 15.5 Å². The van der Waals surface area contributed by atoms with E-state index >= 15 is 0 Å². The number of nitrogens with one attached hydrogen (secondary N) is 2. The first kappa shape index (κ1) is 14.3. The van der Waals surface area contributed by atoms with Gasteiger partial charge in [-0.3, -0.25) is 4.72 Å². The molecule has 2 aromatic rings. The fraction of sp³-hybridized carbons (Fsp3) is 0.0909. The van der Waals surface area contributed by atoms with Crippen LogP contribution in [0.2, 0.25) is 0 Å². The van der Waals surface area contributed by atoms with Gasteiger partial charge < -0.3 is 10.1 Å². The average molecular weight is 396 g/mol. The first-order chi connectivity index (χ1) is 8.92. The normalized spacial score (nSPS) is 11.5. The van der Waals surface area contributed by atoms with Crippen LogP contribution in [-0.2, 0) is 16.6 Å². The molecule has 19 heavy (non-hydrogen) atoms. The predicted octanol–water partition coefficient (Wildman–Crippen LogP) is 2.05. The van der Waals surface area contributed by atoms with Crippen LogP contribution >= 0.6 is 22.6 Å². The zero-order chi connectivity index (χ0) is 14.0. The highest BCUT2D eigenvalue weighted by Gasteiger charge is 2.17. The molecule has 8 heteroatoms. The highest BCUT2D eigenvalue weighted by molar-refractivity contribution is 14.1. The summed E-state index contributed by atoms with van der Waals surface area (Å²) in [7, 11) is -3.76. The van der Waals surface area contributed by atoms with Crippen LogP contribution in [-0.4, -0.2) is 18.5 Å². The minimum Gasteiger partial charge on any atom is -0.390 e. The first-order valence-corrected chi connectivity index (χ1v) is 7.74. The molecule has 1 aromatic heterocycles. The number of aliphatic hydroxyl groups is 1. The summed E-state index contributed by atoms with van der Waals surface area (Å²) in [6.07, 6.45) is 1.28. The molecular weight excluding hydrogens is 386 g/mol. The van der Waals surface area contributed by atoms with Crippen molar-refractivity contribution in [2.75, 3.05) is 4.72 Å². The van der Waals surface area contributed by atoms with Gasteiger partial charge in [-0.2, -0.15) is 0 Å².